The van der Waals surface area contributed by atoms with Gasteiger partial charge in [0.25, 0.3) is 0 Å². The Balaban J connectivity index is 2.50. The predicted octanol–water partition coefficient (Wildman–Crippen LogP) is -2.36. The van der Waals surface area contributed by atoms with Crippen molar-refractivity contribution < 1.29 is 10.0 Å². The van der Waals surface area contributed by atoms with Crippen LogP contribution in [0.1, 0.15) is 0 Å². The Labute approximate surface area is 52.1 Å². The van der Waals surface area contributed by atoms with E-state index < -0.39 is 6.04 Å². The molecule has 1 aliphatic heterocycles. The van der Waals surface area contributed by atoms with Gasteiger partial charge in [-0.05, 0) is 0 Å². The molecule has 0 radical (unpaired) electrons. The van der Waals surface area contributed by atoms with E-state index in [1.807, 2.05) is 0 Å². The second-order valence-corrected chi connectivity index (χ2v) is 2.03. The first kappa shape index (κ1) is 6.00. The predicted molar refractivity (Wildman–Crippen MR) is 30.4 cm³/mol. The quantitative estimate of drug-likeness (QED) is 0.319. The van der Waals surface area contributed by atoms with Crippen molar-refractivity contribution in [2.24, 2.45) is 0 Å². The van der Waals surface area contributed by atoms with E-state index in [4.69, 9.17) is 0 Å². The zero-order chi connectivity index (χ0) is 6.85. The number of hydrazone groups is 1. The minimum atomic E-state index is -0.546. The molecule has 0 aromatic carbocycles. The van der Waals surface area contributed by atoms with Crippen LogP contribution in [0.25, 0.3) is 0 Å². The molecule has 5 nitrogen and oxygen atoms in total. The van der Waals surface area contributed by atoms with Crippen LogP contribution in [-0.4, -0.2) is 35.8 Å². The van der Waals surface area contributed by atoms with Crippen molar-refractivity contribution in [1.29, 1.82) is 0 Å². The highest BCUT2D eigenvalue weighted by atomic mass is 16.6. The summed E-state index contributed by atoms with van der Waals surface area (Å²) in [6.45, 7) is 0.451. The lowest BCUT2D eigenvalue weighted by Gasteiger charge is -1.96. The van der Waals surface area contributed by atoms with Crippen LogP contribution < -0.4 is 5.10 Å². The van der Waals surface area contributed by atoms with Gasteiger partial charge in [0, 0.05) is 4.92 Å². The number of nitrogens with one attached hydrogen (secondary N) is 1. The molecule has 1 heterocycles. The van der Waals surface area contributed by atoms with Gasteiger partial charge in [0.05, 0.1) is 7.05 Å². The smallest absolute Gasteiger partial charge is 0.264 e. The van der Waals surface area contributed by atoms with Gasteiger partial charge in [-0.15, -0.1) is 5.10 Å². The lowest BCUT2D eigenvalue weighted by Crippen LogP contribution is -2.76. The number of nitro groups is 1. The molecule has 1 unspecified atom stereocenters. The Hall–Kier alpha value is -1.13. The van der Waals surface area contributed by atoms with Crippen LogP contribution in [0.4, 0.5) is 0 Å². The SMILES string of the molecule is CN1CC([N+](=O)[O-])C=[NH+]1. The fourth-order valence-corrected chi connectivity index (χ4v) is 0.727. The van der Waals surface area contributed by atoms with E-state index in [2.05, 4.69) is 5.10 Å². The molecule has 1 N–H and O–H groups in total. The van der Waals surface area contributed by atoms with Gasteiger partial charge in [0.2, 0.25) is 6.21 Å². The first-order valence-electron chi connectivity index (χ1n) is 2.64. The summed E-state index contributed by atoms with van der Waals surface area (Å²) in [5.41, 5.74) is 0. The third kappa shape index (κ3) is 1.16. The fourth-order valence-electron chi connectivity index (χ4n) is 0.727. The van der Waals surface area contributed by atoms with Gasteiger partial charge >= 0.3 is 6.04 Å². The van der Waals surface area contributed by atoms with E-state index in [1.165, 1.54) is 6.21 Å². The van der Waals surface area contributed by atoms with Crippen molar-refractivity contribution in [2.75, 3.05) is 13.6 Å². The topological polar surface area (TPSA) is 60.3 Å². The second-order valence-electron chi connectivity index (χ2n) is 2.03. The summed E-state index contributed by atoms with van der Waals surface area (Å²) in [5.74, 6) is 0. The highest BCUT2D eigenvalue weighted by Crippen LogP contribution is 1.86. The van der Waals surface area contributed by atoms with Crippen LogP contribution in [0.2, 0.25) is 0 Å². The maximum atomic E-state index is 10.1. The number of hydrazine groups is 1. The van der Waals surface area contributed by atoms with E-state index in [0.717, 1.165) is 0 Å². The first-order valence-corrected chi connectivity index (χ1v) is 2.64. The number of hydrogen-bond acceptors (Lipinski definition) is 3. The fraction of sp³-hybridized carbons (Fsp3) is 0.750. The minimum Gasteiger partial charge on any atom is -0.264 e. The molecule has 0 fully saturated rings. The Kier molecular flexibility index (Phi) is 1.33. The number of nitrogens with zero attached hydrogens (tertiary/aromatic N) is 2. The van der Waals surface area contributed by atoms with E-state index in [9.17, 15) is 10.1 Å². The number of likely N-dealkylation sites (N-methyl/N-ethyl adjacent to an activating group) is 1. The van der Waals surface area contributed by atoms with Crippen molar-refractivity contribution in [3.63, 3.8) is 0 Å². The molecule has 9 heavy (non-hydrogen) atoms. The Bertz CT molecular complexity index is 156. The van der Waals surface area contributed by atoms with E-state index in [-0.39, 0.29) is 4.92 Å². The molecule has 1 rings (SSSR count). The average Bonchev–Trinajstić information content (AvgIpc) is 2.14. The van der Waals surface area contributed by atoms with Crippen molar-refractivity contribution in [2.45, 2.75) is 6.04 Å². The largest absolute Gasteiger partial charge is 0.312 e. The molecule has 0 bridgehead atoms. The van der Waals surface area contributed by atoms with Gasteiger partial charge in [-0.25, -0.2) is 0 Å². The van der Waals surface area contributed by atoms with Crippen molar-refractivity contribution in [1.82, 2.24) is 5.01 Å². The third-order valence-electron chi connectivity index (χ3n) is 1.22. The summed E-state index contributed by atoms with van der Waals surface area (Å²) in [6.07, 6.45) is 1.47. The molecule has 0 aromatic heterocycles. The second kappa shape index (κ2) is 2.00. The van der Waals surface area contributed by atoms with Crippen LogP contribution >= 0.6 is 0 Å². The summed E-state index contributed by atoms with van der Waals surface area (Å²) in [5, 5.41) is 14.4. The maximum Gasteiger partial charge on any atom is 0.312 e. The Morgan fingerprint density at radius 1 is 2.00 bits per heavy atom. The lowest BCUT2D eigenvalue weighted by atomic mass is 10.4. The van der Waals surface area contributed by atoms with Crippen molar-refractivity contribution >= 4 is 6.21 Å². The molecule has 5 heteroatoms. The molecule has 0 saturated carbocycles. The van der Waals surface area contributed by atoms with Gasteiger partial charge in [-0.3, -0.25) is 10.1 Å². The van der Waals surface area contributed by atoms with Gasteiger partial charge in [-0.1, -0.05) is 0 Å². The summed E-state index contributed by atoms with van der Waals surface area (Å²) < 4.78 is 0. The summed E-state index contributed by atoms with van der Waals surface area (Å²) in [4.78, 5) is 9.75. The number of hydrogen-bond donors (Lipinski definition) is 1. The van der Waals surface area contributed by atoms with Gasteiger partial charge in [0.1, 0.15) is 6.54 Å². The van der Waals surface area contributed by atoms with Crippen LogP contribution in [0.3, 0.4) is 0 Å². The van der Waals surface area contributed by atoms with Crippen LogP contribution in [0.5, 0.6) is 0 Å². The minimum absolute atomic E-state index is 0.309. The molecule has 0 amide bonds. The Morgan fingerprint density at radius 3 is 2.89 bits per heavy atom. The highest BCUT2D eigenvalue weighted by molar-refractivity contribution is 5.57. The lowest BCUT2D eigenvalue weighted by molar-refractivity contribution is -0.624. The molecular formula is C4H8N3O2+. The molecule has 0 aromatic rings. The standard InChI is InChI=1S/C4H7N3O2/c1-6-3-4(2-5-6)7(8)9/h2,4H,3H2,1H3/p+1. The zero-order valence-electron chi connectivity index (χ0n) is 5.07. The van der Waals surface area contributed by atoms with E-state index in [1.54, 1.807) is 12.1 Å². The Morgan fingerprint density at radius 2 is 2.67 bits per heavy atom. The first-order chi connectivity index (χ1) is 4.20. The average molecular weight is 130 g/mol. The normalized spacial score (nSPS) is 25.0. The van der Waals surface area contributed by atoms with E-state index >= 15 is 0 Å². The molecular weight excluding hydrogens is 122 g/mol. The molecule has 1 atom stereocenters. The van der Waals surface area contributed by atoms with Crippen LogP contribution in [0, 0.1) is 10.1 Å². The summed E-state index contributed by atoms with van der Waals surface area (Å²) in [7, 11) is 1.76. The highest BCUT2D eigenvalue weighted by Gasteiger charge is 2.29. The van der Waals surface area contributed by atoms with E-state index in [0.29, 0.717) is 6.54 Å². The molecule has 50 valence electrons. The summed E-state index contributed by atoms with van der Waals surface area (Å²) in [6, 6.07) is -0.546. The molecule has 1 aliphatic rings. The van der Waals surface area contributed by atoms with Crippen LogP contribution in [0.15, 0.2) is 0 Å². The monoisotopic (exact) mass is 130 g/mol. The summed E-state index contributed by atoms with van der Waals surface area (Å²) >= 11 is 0. The molecule has 0 aliphatic carbocycles. The van der Waals surface area contributed by atoms with Gasteiger partial charge in [-0.2, -0.15) is 5.01 Å². The molecule has 0 saturated heterocycles. The number of rotatable bonds is 1. The van der Waals surface area contributed by atoms with Crippen molar-refractivity contribution in [3.05, 3.63) is 10.1 Å². The van der Waals surface area contributed by atoms with Gasteiger partial charge < -0.3 is 0 Å². The molecule has 0 spiro atoms. The van der Waals surface area contributed by atoms with Crippen molar-refractivity contribution in [3.8, 4) is 0 Å². The maximum absolute atomic E-state index is 10.1. The third-order valence-corrected chi connectivity index (χ3v) is 1.22. The zero-order valence-corrected chi connectivity index (χ0v) is 5.07. The van der Waals surface area contributed by atoms with Gasteiger partial charge in [0.15, 0.2) is 0 Å². The van der Waals surface area contributed by atoms with Crippen LogP contribution in [-0.2, 0) is 0 Å².